The number of nitrogens with one attached hydrogen (secondary N) is 1. The lowest BCUT2D eigenvalue weighted by molar-refractivity contribution is -0.123. The van der Waals surface area contributed by atoms with E-state index in [1.54, 1.807) is 19.1 Å². The van der Waals surface area contributed by atoms with E-state index in [0.29, 0.717) is 18.1 Å². The molecule has 18 heavy (non-hydrogen) atoms. The van der Waals surface area contributed by atoms with Crippen LogP contribution in [0.3, 0.4) is 0 Å². The first-order valence-electron chi connectivity index (χ1n) is 6.61. The van der Waals surface area contributed by atoms with Crippen LogP contribution in [0.4, 0.5) is 0 Å². The minimum atomic E-state index is -1.14. The molecule has 0 unspecified atom stereocenters. The Balaban J connectivity index is 1.78. The monoisotopic (exact) mass is 251 g/mol. The van der Waals surface area contributed by atoms with Gasteiger partial charge in [0.2, 0.25) is 5.91 Å². The molecule has 1 aliphatic carbocycles. The first kappa shape index (κ1) is 13.1. The maximum absolute atomic E-state index is 11.8. The molecule has 1 heterocycles. The van der Waals surface area contributed by atoms with Crippen molar-refractivity contribution >= 4 is 5.91 Å². The molecule has 0 aromatic carbocycles. The summed E-state index contributed by atoms with van der Waals surface area (Å²) in [5.74, 6) is 1.02. The van der Waals surface area contributed by atoms with Gasteiger partial charge in [0, 0.05) is 6.42 Å². The van der Waals surface area contributed by atoms with Gasteiger partial charge in [-0.25, -0.2) is 0 Å². The van der Waals surface area contributed by atoms with Crippen molar-refractivity contribution < 1.29 is 14.3 Å². The predicted molar refractivity (Wildman–Crippen MR) is 67.9 cm³/mol. The number of carbonyl (C=O) groups is 1. The SMILES string of the molecule is C[C@](O)(CNC(=O)CC1CCCC1)c1ccco1. The summed E-state index contributed by atoms with van der Waals surface area (Å²) < 4.78 is 5.16. The highest BCUT2D eigenvalue weighted by atomic mass is 16.4. The van der Waals surface area contributed by atoms with E-state index in [2.05, 4.69) is 5.32 Å². The van der Waals surface area contributed by atoms with Gasteiger partial charge >= 0.3 is 0 Å². The lowest BCUT2D eigenvalue weighted by atomic mass is 10.0. The van der Waals surface area contributed by atoms with Crippen LogP contribution in [0.2, 0.25) is 0 Å². The molecular weight excluding hydrogens is 230 g/mol. The molecule has 0 aliphatic heterocycles. The van der Waals surface area contributed by atoms with Crippen molar-refractivity contribution in [2.24, 2.45) is 5.92 Å². The maximum Gasteiger partial charge on any atom is 0.220 e. The van der Waals surface area contributed by atoms with Crippen LogP contribution in [0, 0.1) is 5.92 Å². The van der Waals surface area contributed by atoms with Crippen LogP contribution in [0.5, 0.6) is 0 Å². The zero-order chi connectivity index (χ0) is 13.0. The van der Waals surface area contributed by atoms with E-state index >= 15 is 0 Å². The van der Waals surface area contributed by atoms with Crippen LogP contribution in [0.15, 0.2) is 22.8 Å². The van der Waals surface area contributed by atoms with E-state index < -0.39 is 5.60 Å². The number of hydrogen-bond donors (Lipinski definition) is 2. The summed E-state index contributed by atoms with van der Waals surface area (Å²) in [6, 6.07) is 3.44. The Morgan fingerprint density at radius 3 is 2.89 bits per heavy atom. The highest BCUT2D eigenvalue weighted by molar-refractivity contribution is 5.76. The Labute approximate surface area is 107 Å². The first-order chi connectivity index (χ1) is 8.58. The third-order valence-corrected chi connectivity index (χ3v) is 3.63. The van der Waals surface area contributed by atoms with Gasteiger partial charge < -0.3 is 14.8 Å². The normalized spacial score (nSPS) is 19.7. The van der Waals surface area contributed by atoms with Crippen molar-refractivity contribution in [3.8, 4) is 0 Å². The van der Waals surface area contributed by atoms with Gasteiger partial charge in [-0.3, -0.25) is 4.79 Å². The average molecular weight is 251 g/mol. The molecule has 0 bridgehead atoms. The molecule has 1 fully saturated rings. The van der Waals surface area contributed by atoms with Gasteiger partial charge in [-0.05, 0) is 37.8 Å². The van der Waals surface area contributed by atoms with Crippen molar-refractivity contribution in [2.75, 3.05) is 6.54 Å². The fraction of sp³-hybridized carbons (Fsp3) is 0.643. The molecule has 0 spiro atoms. The fourth-order valence-electron chi connectivity index (χ4n) is 2.49. The van der Waals surface area contributed by atoms with E-state index in [9.17, 15) is 9.90 Å². The molecule has 0 radical (unpaired) electrons. The van der Waals surface area contributed by atoms with Crippen molar-refractivity contribution in [1.29, 1.82) is 0 Å². The van der Waals surface area contributed by atoms with Gasteiger partial charge in [-0.1, -0.05) is 12.8 Å². The second-order valence-electron chi connectivity index (χ2n) is 5.38. The van der Waals surface area contributed by atoms with Crippen LogP contribution in [0.25, 0.3) is 0 Å². The zero-order valence-corrected chi connectivity index (χ0v) is 10.8. The minimum Gasteiger partial charge on any atom is -0.466 e. The second-order valence-corrected chi connectivity index (χ2v) is 5.38. The molecule has 1 saturated carbocycles. The van der Waals surface area contributed by atoms with Gasteiger partial charge in [0.15, 0.2) is 0 Å². The maximum atomic E-state index is 11.8. The highest BCUT2D eigenvalue weighted by Gasteiger charge is 2.27. The molecule has 1 aromatic rings. The summed E-state index contributed by atoms with van der Waals surface area (Å²) in [5.41, 5.74) is -1.14. The van der Waals surface area contributed by atoms with E-state index in [0.717, 1.165) is 12.8 Å². The van der Waals surface area contributed by atoms with Crippen LogP contribution in [0.1, 0.15) is 44.8 Å². The van der Waals surface area contributed by atoms with Gasteiger partial charge in [0.05, 0.1) is 12.8 Å². The Morgan fingerprint density at radius 2 is 2.28 bits per heavy atom. The van der Waals surface area contributed by atoms with E-state index in [1.165, 1.54) is 19.1 Å². The van der Waals surface area contributed by atoms with Crippen LogP contribution < -0.4 is 5.32 Å². The molecule has 4 nitrogen and oxygen atoms in total. The summed E-state index contributed by atoms with van der Waals surface area (Å²) in [6.45, 7) is 1.83. The number of amides is 1. The number of aliphatic hydroxyl groups is 1. The number of furan rings is 1. The van der Waals surface area contributed by atoms with E-state index in [4.69, 9.17) is 4.42 Å². The van der Waals surface area contributed by atoms with Crippen molar-refractivity contribution in [1.82, 2.24) is 5.32 Å². The zero-order valence-electron chi connectivity index (χ0n) is 10.8. The first-order valence-corrected chi connectivity index (χ1v) is 6.61. The molecular formula is C14H21NO3. The van der Waals surface area contributed by atoms with Crippen LogP contribution in [-0.2, 0) is 10.4 Å². The van der Waals surface area contributed by atoms with Crippen molar-refractivity contribution in [3.63, 3.8) is 0 Å². The topological polar surface area (TPSA) is 62.5 Å². The number of rotatable bonds is 5. The summed E-state index contributed by atoms with van der Waals surface area (Å²) in [5, 5.41) is 13.0. The fourth-order valence-corrected chi connectivity index (χ4v) is 2.49. The summed E-state index contributed by atoms with van der Waals surface area (Å²) in [7, 11) is 0. The van der Waals surface area contributed by atoms with E-state index in [1.807, 2.05) is 0 Å². The second kappa shape index (κ2) is 5.57. The van der Waals surface area contributed by atoms with Gasteiger partial charge in [0.1, 0.15) is 11.4 Å². The third-order valence-electron chi connectivity index (χ3n) is 3.63. The lowest BCUT2D eigenvalue weighted by Gasteiger charge is -2.21. The largest absolute Gasteiger partial charge is 0.466 e. The van der Waals surface area contributed by atoms with Gasteiger partial charge in [0.25, 0.3) is 0 Å². The predicted octanol–water partition coefficient (Wildman–Crippen LogP) is 2.18. The van der Waals surface area contributed by atoms with Crippen LogP contribution >= 0.6 is 0 Å². The molecule has 2 rings (SSSR count). The quantitative estimate of drug-likeness (QED) is 0.843. The Kier molecular flexibility index (Phi) is 4.07. The van der Waals surface area contributed by atoms with E-state index in [-0.39, 0.29) is 12.5 Å². The molecule has 2 N–H and O–H groups in total. The molecule has 4 heteroatoms. The lowest BCUT2D eigenvalue weighted by Crippen LogP contribution is -2.38. The summed E-state index contributed by atoms with van der Waals surface area (Å²) >= 11 is 0. The molecule has 1 aliphatic rings. The molecule has 100 valence electrons. The average Bonchev–Trinajstić information content (AvgIpc) is 2.99. The van der Waals surface area contributed by atoms with Gasteiger partial charge in [-0.2, -0.15) is 0 Å². The van der Waals surface area contributed by atoms with Gasteiger partial charge in [-0.15, -0.1) is 0 Å². The number of hydrogen-bond acceptors (Lipinski definition) is 3. The Morgan fingerprint density at radius 1 is 1.56 bits per heavy atom. The third kappa shape index (κ3) is 3.35. The molecule has 0 saturated heterocycles. The van der Waals surface area contributed by atoms with Crippen LogP contribution in [-0.4, -0.2) is 17.6 Å². The molecule has 1 atom stereocenters. The smallest absolute Gasteiger partial charge is 0.220 e. The molecule has 1 aromatic heterocycles. The molecule has 1 amide bonds. The standard InChI is InChI=1S/C14H21NO3/c1-14(17,12-7-4-8-18-12)10-15-13(16)9-11-5-2-3-6-11/h4,7-8,11,17H,2-3,5-6,9-10H2,1H3,(H,15,16)/t14-/m0/s1. The summed E-state index contributed by atoms with van der Waals surface area (Å²) in [6.07, 6.45) is 6.88. The minimum absolute atomic E-state index is 0.0220. The number of carbonyl (C=O) groups excluding carboxylic acids is 1. The van der Waals surface area contributed by atoms with Crippen molar-refractivity contribution in [2.45, 2.75) is 44.6 Å². The Bertz CT molecular complexity index is 378. The summed E-state index contributed by atoms with van der Waals surface area (Å²) in [4.78, 5) is 11.8. The highest BCUT2D eigenvalue weighted by Crippen LogP contribution is 2.27. The Hall–Kier alpha value is -1.29. The van der Waals surface area contributed by atoms with Crippen molar-refractivity contribution in [3.05, 3.63) is 24.2 Å².